The average Bonchev–Trinajstić information content (AvgIpc) is 2.76. The van der Waals surface area contributed by atoms with Crippen LogP contribution in [0.2, 0.25) is 0 Å². The van der Waals surface area contributed by atoms with E-state index in [0.29, 0.717) is 11.3 Å². The second-order valence-electron chi connectivity index (χ2n) is 4.17. The lowest BCUT2D eigenvalue weighted by atomic mass is 10.2. The van der Waals surface area contributed by atoms with Crippen LogP contribution in [0.3, 0.4) is 0 Å². The van der Waals surface area contributed by atoms with Crippen molar-refractivity contribution < 1.29 is 13.6 Å². The van der Waals surface area contributed by atoms with E-state index >= 15 is 0 Å². The molecule has 0 aliphatic heterocycles. The molecule has 0 unspecified atom stereocenters. The monoisotopic (exact) mass is 311 g/mol. The lowest BCUT2D eigenvalue weighted by molar-refractivity contribution is 0.212. The zero-order valence-electron chi connectivity index (χ0n) is 11.9. The summed E-state index contributed by atoms with van der Waals surface area (Å²) in [5, 5.41) is 0. The van der Waals surface area contributed by atoms with Gasteiger partial charge < -0.3 is 10.7 Å². The van der Waals surface area contributed by atoms with Crippen molar-refractivity contribution in [3.63, 3.8) is 0 Å². The fourth-order valence-corrected chi connectivity index (χ4v) is 3.58. The molecule has 21 heavy (non-hydrogen) atoms. The molecule has 0 saturated carbocycles. The molecule has 1 heterocycles. The Hall–Kier alpha value is -1.82. The topological polar surface area (TPSA) is 99.3 Å². The minimum Gasteiger partial charge on any atom is -0.383 e. The summed E-state index contributed by atoms with van der Waals surface area (Å²) in [5.41, 5.74) is 6.46. The molecule has 0 aliphatic carbocycles. The first-order valence-corrected chi connectivity index (χ1v) is 8.09. The number of aromatic nitrogens is 2. The first-order chi connectivity index (χ1) is 10.0. The van der Waals surface area contributed by atoms with Gasteiger partial charge in [0.15, 0.2) is 0 Å². The van der Waals surface area contributed by atoms with Gasteiger partial charge in [-0.2, -0.15) is 4.34 Å². The minimum atomic E-state index is -3.80. The van der Waals surface area contributed by atoms with Crippen molar-refractivity contribution in [1.82, 2.24) is 9.32 Å². The van der Waals surface area contributed by atoms with Crippen LogP contribution < -0.4 is 11.4 Å². The van der Waals surface area contributed by atoms with E-state index in [4.69, 9.17) is 14.8 Å². The largest absolute Gasteiger partial charge is 0.444 e. The van der Waals surface area contributed by atoms with Crippen LogP contribution in [0.1, 0.15) is 13.8 Å². The molecule has 1 aromatic heterocycles. The fourth-order valence-electron chi connectivity index (χ4n) is 1.99. The van der Waals surface area contributed by atoms with Crippen LogP contribution in [0.15, 0.2) is 35.1 Å². The second kappa shape index (κ2) is 6.30. The number of benzene rings is 1. The number of nitrogen functional groups attached to an aromatic ring is 1. The van der Waals surface area contributed by atoms with E-state index in [-0.39, 0.29) is 19.0 Å². The van der Waals surface area contributed by atoms with Crippen molar-refractivity contribution in [2.24, 2.45) is 0 Å². The first-order valence-electron chi connectivity index (χ1n) is 6.59. The predicted molar refractivity (Wildman–Crippen MR) is 81.2 cm³/mol. The van der Waals surface area contributed by atoms with Gasteiger partial charge in [-0.1, -0.05) is 30.3 Å². The highest BCUT2D eigenvalue weighted by Gasteiger charge is 2.32. The normalized spacial score (nSPS) is 11.7. The number of hydrogen-bond acceptors (Lipinski definition) is 5. The number of anilines is 1. The zero-order valence-corrected chi connectivity index (χ0v) is 12.8. The molecule has 0 bridgehead atoms. The summed E-state index contributed by atoms with van der Waals surface area (Å²) in [5.74, 6) is 0.0245. The minimum absolute atomic E-state index is 0.0245. The summed E-state index contributed by atoms with van der Waals surface area (Å²) < 4.78 is 23.9. The van der Waals surface area contributed by atoms with Gasteiger partial charge in [0.1, 0.15) is 5.82 Å². The molecule has 7 nitrogen and oxygen atoms in total. The van der Waals surface area contributed by atoms with Gasteiger partial charge in [-0.3, -0.25) is 9.05 Å². The van der Waals surface area contributed by atoms with E-state index in [1.165, 1.54) is 0 Å². The number of H-pyrrole nitrogens is 1. The lowest BCUT2D eigenvalue weighted by Crippen LogP contribution is -2.19. The SMILES string of the molecule is CCOP(=O)(OCC)n1c(N)c(-c2ccccc2)[nH]c1=O. The molecular formula is C13H18N3O4P. The van der Waals surface area contributed by atoms with Gasteiger partial charge in [-0.25, -0.2) is 9.36 Å². The van der Waals surface area contributed by atoms with Crippen LogP contribution >= 0.6 is 7.75 Å². The molecule has 0 radical (unpaired) electrons. The third-order valence-electron chi connectivity index (χ3n) is 2.80. The third-order valence-corrected chi connectivity index (χ3v) is 4.86. The van der Waals surface area contributed by atoms with Gasteiger partial charge in [-0.05, 0) is 13.8 Å². The van der Waals surface area contributed by atoms with Crippen molar-refractivity contribution in [1.29, 1.82) is 0 Å². The summed E-state index contributed by atoms with van der Waals surface area (Å²) in [6.45, 7) is 3.60. The molecule has 0 aliphatic rings. The Kier molecular flexibility index (Phi) is 4.67. The summed E-state index contributed by atoms with van der Waals surface area (Å²) in [4.78, 5) is 14.7. The Bertz CT molecular complexity index is 698. The van der Waals surface area contributed by atoms with E-state index in [0.717, 1.165) is 4.34 Å². The molecule has 0 atom stereocenters. The average molecular weight is 311 g/mol. The van der Waals surface area contributed by atoms with Gasteiger partial charge >= 0.3 is 13.4 Å². The molecular weight excluding hydrogens is 293 g/mol. The van der Waals surface area contributed by atoms with Gasteiger partial charge in [0.25, 0.3) is 0 Å². The molecule has 0 fully saturated rings. The van der Waals surface area contributed by atoms with Crippen molar-refractivity contribution in [2.45, 2.75) is 13.8 Å². The lowest BCUT2D eigenvalue weighted by Gasteiger charge is -2.17. The summed E-state index contributed by atoms with van der Waals surface area (Å²) >= 11 is 0. The second-order valence-corrected chi connectivity index (χ2v) is 6.03. The predicted octanol–water partition coefficient (Wildman–Crippen LogP) is 2.45. The van der Waals surface area contributed by atoms with Crippen LogP contribution in [0, 0.1) is 0 Å². The van der Waals surface area contributed by atoms with Gasteiger partial charge in [0, 0.05) is 5.56 Å². The summed E-state index contributed by atoms with van der Waals surface area (Å²) in [6.07, 6.45) is 0. The van der Waals surface area contributed by atoms with Crippen molar-refractivity contribution in [3.8, 4) is 11.3 Å². The summed E-state index contributed by atoms with van der Waals surface area (Å²) in [7, 11) is -3.80. The Balaban J connectivity index is 2.59. The maximum atomic E-state index is 12.7. The van der Waals surface area contributed by atoms with E-state index in [1.807, 2.05) is 18.2 Å². The number of hydrogen-bond donors (Lipinski definition) is 2. The maximum Gasteiger partial charge on any atom is 0.444 e. The van der Waals surface area contributed by atoms with E-state index in [9.17, 15) is 9.36 Å². The van der Waals surface area contributed by atoms with Gasteiger partial charge in [-0.15, -0.1) is 0 Å². The fraction of sp³-hybridized carbons (Fsp3) is 0.308. The smallest absolute Gasteiger partial charge is 0.383 e. The number of rotatable bonds is 6. The van der Waals surface area contributed by atoms with Crippen molar-refractivity contribution >= 4 is 13.6 Å². The molecule has 2 aromatic rings. The van der Waals surface area contributed by atoms with Crippen LogP contribution in [0.25, 0.3) is 11.3 Å². The molecule has 1 aromatic carbocycles. The van der Waals surface area contributed by atoms with Crippen molar-refractivity contribution in [2.75, 3.05) is 18.9 Å². The van der Waals surface area contributed by atoms with E-state index in [2.05, 4.69) is 4.98 Å². The highest BCUT2D eigenvalue weighted by atomic mass is 31.2. The van der Waals surface area contributed by atoms with Crippen LogP contribution in [0.4, 0.5) is 5.82 Å². The van der Waals surface area contributed by atoms with Gasteiger partial charge in [0.05, 0.1) is 18.9 Å². The molecule has 3 N–H and O–H groups in total. The Morgan fingerprint density at radius 1 is 1.19 bits per heavy atom. The van der Waals surface area contributed by atoms with Crippen LogP contribution in [-0.4, -0.2) is 22.5 Å². The number of nitrogens with zero attached hydrogens (tertiary/aromatic N) is 1. The number of aromatic amines is 1. The Morgan fingerprint density at radius 3 is 2.29 bits per heavy atom. The molecule has 114 valence electrons. The highest BCUT2D eigenvalue weighted by molar-refractivity contribution is 7.52. The molecule has 0 saturated heterocycles. The Morgan fingerprint density at radius 2 is 1.76 bits per heavy atom. The summed E-state index contributed by atoms with van der Waals surface area (Å²) in [6, 6.07) is 9.06. The van der Waals surface area contributed by atoms with Crippen LogP contribution in [0.5, 0.6) is 0 Å². The standard InChI is InChI=1S/C13H18N3O4P/c1-3-19-21(18,20-4-2)16-12(14)11(15-13(16)17)10-8-6-5-7-9-10/h5-9H,3-4,14H2,1-2H3,(H,15,17). The molecule has 0 amide bonds. The third kappa shape index (κ3) is 2.95. The number of imidazole rings is 1. The van der Waals surface area contributed by atoms with E-state index in [1.54, 1.807) is 26.0 Å². The van der Waals surface area contributed by atoms with Crippen molar-refractivity contribution in [3.05, 3.63) is 40.8 Å². The quantitative estimate of drug-likeness (QED) is 0.798. The first kappa shape index (κ1) is 15.6. The maximum absolute atomic E-state index is 12.7. The molecule has 2 rings (SSSR count). The molecule has 8 heteroatoms. The number of nitrogens with one attached hydrogen (secondary N) is 1. The van der Waals surface area contributed by atoms with Gasteiger partial charge in [0.2, 0.25) is 0 Å². The Labute approximate surface area is 122 Å². The van der Waals surface area contributed by atoms with Crippen LogP contribution in [-0.2, 0) is 13.6 Å². The molecule has 0 spiro atoms. The number of nitrogens with two attached hydrogens (primary N) is 1. The zero-order chi connectivity index (χ0) is 15.5. The highest BCUT2D eigenvalue weighted by Crippen LogP contribution is 2.50. The van der Waals surface area contributed by atoms with E-state index < -0.39 is 13.4 Å².